The molecule has 1 aliphatic heterocycles. The van der Waals surface area contributed by atoms with Crippen molar-refractivity contribution >= 4 is 29.9 Å². The van der Waals surface area contributed by atoms with E-state index in [0.717, 1.165) is 19.4 Å². The third-order valence-corrected chi connectivity index (χ3v) is 3.45. The molecule has 2 N–H and O–H groups in total. The first kappa shape index (κ1) is 16.2. The van der Waals surface area contributed by atoms with E-state index in [4.69, 9.17) is 11.6 Å². The molecule has 6 heteroatoms. The van der Waals surface area contributed by atoms with Crippen molar-refractivity contribution in [2.45, 2.75) is 31.8 Å². The second kappa shape index (κ2) is 7.08. The Morgan fingerprint density at radius 3 is 2.95 bits per heavy atom. The van der Waals surface area contributed by atoms with Gasteiger partial charge in [0.2, 0.25) is 0 Å². The molecule has 1 aromatic rings. The number of hydrogen-bond acceptors (Lipinski definition) is 2. The van der Waals surface area contributed by atoms with Crippen LogP contribution in [-0.4, -0.2) is 24.5 Å². The van der Waals surface area contributed by atoms with Crippen molar-refractivity contribution < 1.29 is 9.18 Å². The van der Waals surface area contributed by atoms with Crippen molar-refractivity contribution in [1.82, 2.24) is 10.6 Å². The number of nitrogens with one attached hydrogen (secondary N) is 2. The van der Waals surface area contributed by atoms with Crippen LogP contribution >= 0.6 is 24.0 Å². The summed E-state index contributed by atoms with van der Waals surface area (Å²) in [7, 11) is 0. The Balaban J connectivity index is 0.00000180. The van der Waals surface area contributed by atoms with Gasteiger partial charge < -0.3 is 10.6 Å². The third kappa shape index (κ3) is 4.06. The molecule has 19 heavy (non-hydrogen) atoms. The predicted molar refractivity (Wildman–Crippen MR) is 76.6 cm³/mol. The van der Waals surface area contributed by atoms with Crippen molar-refractivity contribution in [2.75, 3.05) is 6.54 Å². The second-order valence-corrected chi connectivity index (χ2v) is 5.06. The first-order valence-corrected chi connectivity index (χ1v) is 6.44. The van der Waals surface area contributed by atoms with Gasteiger partial charge in [-0.3, -0.25) is 4.79 Å². The quantitative estimate of drug-likeness (QED) is 0.882. The Labute approximate surface area is 123 Å². The average molecular weight is 307 g/mol. The third-order valence-electron chi connectivity index (χ3n) is 3.16. The van der Waals surface area contributed by atoms with E-state index in [9.17, 15) is 9.18 Å². The Hall–Kier alpha value is -0.840. The average Bonchev–Trinajstić information content (AvgIpc) is 2.32. The van der Waals surface area contributed by atoms with E-state index in [0.29, 0.717) is 6.04 Å². The van der Waals surface area contributed by atoms with Crippen molar-refractivity contribution in [3.05, 3.63) is 34.6 Å². The maximum Gasteiger partial charge on any atom is 0.254 e. The second-order valence-electron chi connectivity index (χ2n) is 4.65. The summed E-state index contributed by atoms with van der Waals surface area (Å²) < 4.78 is 13.7. The van der Waals surface area contributed by atoms with Crippen LogP contribution in [0.25, 0.3) is 0 Å². The van der Waals surface area contributed by atoms with E-state index in [2.05, 4.69) is 17.6 Å². The highest BCUT2D eigenvalue weighted by Crippen LogP contribution is 2.18. The number of carbonyl (C=O) groups is 1. The molecule has 0 aliphatic carbocycles. The minimum absolute atomic E-state index is 0. The van der Waals surface area contributed by atoms with Gasteiger partial charge in [0, 0.05) is 12.1 Å². The van der Waals surface area contributed by atoms with E-state index < -0.39 is 11.7 Å². The molecule has 1 amide bonds. The number of benzene rings is 1. The van der Waals surface area contributed by atoms with Crippen LogP contribution in [0.5, 0.6) is 0 Å². The topological polar surface area (TPSA) is 41.1 Å². The fraction of sp³-hybridized carbons (Fsp3) is 0.462. The maximum absolute atomic E-state index is 13.7. The number of amides is 1. The van der Waals surface area contributed by atoms with Gasteiger partial charge in [-0.1, -0.05) is 17.7 Å². The first-order chi connectivity index (χ1) is 8.58. The van der Waals surface area contributed by atoms with Gasteiger partial charge in [-0.15, -0.1) is 12.4 Å². The Morgan fingerprint density at radius 2 is 2.26 bits per heavy atom. The van der Waals surface area contributed by atoms with E-state index in [1.54, 1.807) is 6.07 Å². The summed E-state index contributed by atoms with van der Waals surface area (Å²) in [5, 5.41) is 6.13. The van der Waals surface area contributed by atoms with Gasteiger partial charge in [-0.2, -0.15) is 0 Å². The Bertz CT molecular complexity index is 456. The van der Waals surface area contributed by atoms with Gasteiger partial charge in [-0.05, 0) is 38.4 Å². The van der Waals surface area contributed by atoms with Crippen LogP contribution in [-0.2, 0) is 0 Å². The van der Waals surface area contributed by atoms with Gasteiger partial charge in [-0.25, -0.2) is 4.39 Å². The molecule has 1 saturated heterocycles. The zero-order valence-corrected chi connectivity index (χ0v) is 12.2. The zero-order chi connectivity index (χ0) is 13.1. The molecule has 106 valence electrons. The van der Waals surface area contributed by atoms with Gasteiger partial charge in [0.15, 0.2) is 5.82 Å². The molecular weight excluding hydrogens is 290 g/mol. The highest BCUT2D eigenvalue weighted by molar-refractivity contribution is 6.31. The van der Waals surface area contributed by atoms with Crippen molar-refractivity contribution in [1.29, 1.82) is 0 Å². The molecule has 1 fully saturated rings. The van der Waals surface area contributed by atoms with Crippen LogP contribution in [0.3, 0.4) is 0 Å². The van der Waals surface area contributed by atoms with Gasteiger partial charge in [0.1, 0.15) is 0 Å². The molecule has 1 aliphatic rings. The SMILES string of the molecule is CC1CC(NC(=O)c2cccc(Cl)c2F)CCN1.Cl. The predicted octanol–water partition coefficient (Wildman–Crippen LogP) is 2.77. The summed E-state index contributed by atoms with van der Waals surface area (Å²) in [5.41, 5.74) is 0.00804. The Morgan fingerprint density at radius 1 is 1.53 bits per heavy atom. The first-order valence-electron chi connectivity index (χ1n) is 6.06. The fourth-order valence-corrected chi connectivity index (χ4v) is 2.38. The minimum Gasteiger partial charge on any atom is -0.349 e. The molecule has 2 atom stereocenters. The van der Waals surface area contributed by atoms with Gasteiger partial charge >= 0.3 is 0 Å². The van der Waals surface area contributed by atoms with Crippen molar-refractivity contribution in [2.24, 2.45) is 0 Å². The number of carbonyl (C=O) groups excluding carboxylic acids is 1. The smallest absolute Gasteiger partial charge is 0.254 e. The normalized spacial score (nSPS) is 22.5. The largest absolute Gasteiger partial charge is 0.349 e. The van der Waals surface area contributed by atoms with Crippen LogP contribution in [0.4, 0.5) is 4.39 Å². The van der Waals surface area contributed by atoms with E-state index in [1.165, 1.54) is 12.1 Å². The molecule has 0 saturated carbocycles. The standard InChI is InChI=1S/C13H16ClFN2O.ClH/c1-8-7-9(5-6-16-8)17-13(18)10-3-2-4-11(14)12(10)15;/h2-4,8-9,16H,5-7H2,1H3,(H,17,18);1H. The Kier molecular flexibility index (Phi) is 6.04. The van der Waals surface area contributed by atoms with Crippen LogP contribution in [0.1, 0.15) is 30.1 Å². The van der Waals surface area contributed by atoms with Gasteiger partial charge in [0.25, 0.3) is 5.91 Å². The summed E-state index contributed by atoms with van der Waals surface area (Å²) in [6.07, 6.45) is 1.71. The number of halogens is 3. The summed E-state index contributed by atoms with van der Waals surface area (Å²) in [6, 6.07) is 4.91. The monoisotopic (exact) mass is 306 g/mol. The lowest BCUT2D eigenvalue weighted by Crippen LogP contribution is -2.46. The molecule has 0 bridgehead atoms. The van der Waals surface area contributed by atoms with Crippen LogP contribution in [0.2, 0.25) is 5.02 Å². The molecular formula is C13H17Cl2FN2O. The van der Waals surface area contributed by atoms with E-state index >= 15 is 0 Å². The molecule has 0 spiro atoms. The van der Waals surface area contributed by atoms with Crippen LogP contribution in [0, 0.1) is 5.82 Å². The lowest BCUT2D eigenvalue weighted by atomic mass is 10.0. The zero-order valence-electron chi connectivity index (χ0n) is 10.6. The number of hydrogen-bond donors (Lipinski definition) is 2. The highest BCUT2D eigenvalue weighted by atomic mass is 35.5. The van der Waals surface area contributed by atoms with E-state index in [1.807, 2.05) is 0 Å². The molecule has 1 heterocycles. The lowest BCUT2D eigenvalue weighted by molar-refractivity contribution is 0.0921. The minimum atomic E-state index is -0.654. The molecule has 0 aromatic heterocycles. The summed E-state index contributed by atoms with van der Waals surface area (Å²) in [4.78, 5) is 12.0. The number of piperidine rings is 1. The summed E-state index contributed by atoms with van der Waals surface area (Å²) >= 11 is 5.66. The molecule has 3 nitrogen and oxygen atoms in total. The summed E-state index contributed by atoms with van der Waals surface area (Å²) in [5.74, 6) is -1.05. The molecule has 1 aromatic carbocycles. The molecule has 0 radical (unpaired) electrons. The van der Waals surface area contributed by atoms with Crippen molar-refractivity contribution in [3.8, 4) is 0 Å². The fourth-order valence-electron chi connectivity index (χ4n) is 2.21. The van der Waals surface area contributed by atoms with Gasteiger partial charge in [0.05, 0.1) is 10.6 Å². The molecule has 2 unspecified atom stereocenters. The maximum atomic E-state index is 13.7. The van der Waals surface area contributed by atoms with E-state index in [-0.39, 0.29) is 29.0 Å². The van der Waals surface area contributed by atoms with Crippen LogP contribution < -0.4 is 10.6 Å². The molecule has 2 rings (SSSR count). The van der Waals surface area contributed by atoms with Crippen LogP contribution in [0.15, 0.2) is 18.2 Å². The number of rotatable bonds is 2. The van der Waals surface area contributed by atoms with Crippen molar-refractivity contribution in [3.63, 3.8) is 0 Å². The lowest BCUT2D eigenvalue weighted by Gasteiger charge is -2.28. The summed E-state index contributed by atoms with van der Waals surface area (Å²) in [6.45, 7) is 2.93. The highest BCUT2D eigenvalue weighted by Gasteiger charge is 2.22.